The molecule has 0 aliphatic heterocycles. The van der Waals surface area contributed by atoms with Crippen molar-refractivity contribution >= 4 is 0 Å². The fourth-order valence-corrected chi connectivity index (χ4v) is 8.85. The van der Waals surface area contributed by atoms with Gasteiger partial charge in [0.2, 0.25) is 0 Å². The molecular weight excluding hydrogens is 352 g/mol. The Kier molecular flexibility index (Phi) is 6.29. The maximum Gasteiger partial charge on any atom is 0.0608 e. The van der Waals surface area contributed by atoms with Crippen LogP contribution >= 0.6 is 0 Å². The Hall–Kier alpha value is -0.300. The van der Waals surface area contributed by atoms with Crippen LogP contribution in [0.4, 0.5) is 0 Å². The van der Waals surface area contributed by atoms with Gasteiger partial charge in [-0.05, 0) is 97.7 Å². The summed E-state index contributed by atoms with van der Waals surface area (Å²) in [6, 6.07) is 0. The van der Waals surface area contributed by atoms with Crippen LogP contribution in [0, 0.1) is 46.3 Å². The fourth-order valence-electron chi connectivity index (χ4n) is 8.85. The van der Waals surface area contributed by atoms with Crippen LogP contribution < -0.4 is 0 Å². The molecule has 3 fully saturated rings. The molecule has 0 amide bonds. The van der Waals surface area contributed by atoms with Gasteiger partial charge in [-0.2, -0.15) is 0 Å². The minimum Gasteiger partial charge on any atom is -0.381 e. The van der Waals surface area contributed by atoms with E-state index in [0.29, 0.717) is 16.9 Å². The van der Waals surface area contributed by atoms with Crippen LogP contribution in [0.1, 0.15) is 105 Å². The number of rotatable bonds is 6. The standard InChI is InChI=1S/C28H48O/c1-19(2)8-7-9-20(3)24-12-13-25-23-11-10-21-18-22(29-6)14-16-27(21,4)26(23)15-17-28(24,25)5/h10,19-20,22-26H,7-9,11-18H2,1-6H3/t20?,22-,23?,24?,25?,26?,27-,28?/m0/s1. The Bertz CT molecular complexity index is 605. The predicted octanol–water partition coefficient (Wildman–Crippen LogP) is 8.04. The van der Waals surface area contributed by atoms with E-state index in [1.807, 2.05) is 7.11 Å². The van der Waals surface area contributed by atoms with Crippen molar-refractivity contribution < 1.29 is 4.74 Å². The molecule has 0 spiro atoms. The zero-order valence-corrected chi connectivity index (χ0v) is 20.3. The van der Waals surface area contributed by atoms with Crippen molar-refractivity contribution in [1.82, 2.24) is 0 Å². The number of ether oxygens (including phenoxy) is 1. The number of hydrogen-bond donors (Lipinski definition) is 0. The Morgan fingerprint density at radius 1 is 1.00 bits per heavy atom. The molecule has 0 saturated heterocycles. The second kappa shape index (κ2) is 8.33. The molecule has 0 aromatic heterocycles. The monoisotopic (exact) mass is 400 g/mol. The van der Waals surface area contributed by atoms with Crippen LogP contribution in [0.2, 0.25) is 0 Å². The highest BCUT2D eigenvalue weighted by molar-refractivity contribution is 5.25. The lowest BCUT2D eigenvalue weighted by atomic mass is 9.47. The van der Waals surface area contributed by atoms with E-state index in [9.17, 15) is 0 Å². The average Bonchev–Trinajstić information content (AvgIpc) is 3.04. The number of fused-ring (bicyclic) bond motifs is 5. The van der Waals surface area contributed by atoms with Crippen LogP contribution in [0.5, 0.6) is 0 Å². The van der Waals surface area contributed by atoms with E-state index in [-0.39, 0.29) is 0 Å². The minimum atomic E-state index is 0.472. The molecule has 0 aromatic carbocycles. The van der Waals surface area contributed by atoms with Gasteiger partial charge in [0.25, 0.3) is 0 Å². The molecule has 3 saturated carbocycles. The molecule has 4 aliphatic rings. The van der Waals surface area contributed by atoms with Crippen LogP contribution in [0.15, 0.2) is 11.6 Å². The van der Waals surface area contributed by atoms with Gasteiger partial charge in [0.15, 0.2) is 0 Å². The van der Waals surface area contributed by atoms with Crippen molar-refractivity contribution in [3.63, 3.8) is 0 Å². The molecule has 8 atom stereocenters. The number of allylic oxidation sites excluding steroid dienone is 1. The molecular formula is C28H48O. The van der Waals surface area contributed by atoms with Gasteiger partial charge in [0.05, 0.1) is 6.10 Å². The molecule has 166 valence electrons. The highest BCUT2D eigenvalue weighted by atomic mass is 16.5. The fraction of sp³-hybridized carbons (Fsp3) is 0.929. The van der Waals surface area contributed by atoms with Gasteiger partial charge in [0, 0.05) is 7.11 Å². The first kappa shape index (κ1) is 21.9. The summed E-state index contributed by atoms with van der Waals surface area (Å²) in [7, 11) is 1.91. The summed E-state index contributed by atoms with van der Waals surface area (Å²) in [5.41, 5.74) is 2.85. The molecule has 4 aliphatic carbocycles. The van der Waals surface area contributed by atoms with Crippen LogP contribution in [0.25, 0.3) is 0 Å². The molecule has 4 rings (SSSR count). The van der Waals surface area contributed by atoms with E-state index in [1.54, 1.807) is 5.57 Å². The normalized spacial score (nSPS) is 45.3. The molecule has 1 heteroatoms. The first-order valence-electron chi connectivity index (χ1n) is 13.0. The van der Waals surface area contributed by atoms with Crippen LogP contribution in [-0.2, 0) is 4.74 Å². The van der Waals surface area contributed by atoms with Gasteiger partial charge in [-0.3, -0.25) is 0 Å². The summed E-state index contributed by atoms with van der Waals surface area (Å²) in [6.07, 6.45) is 18.7. The van der Waals surface area contributed by atoms with Crippen molar-refractivity contribution in [2.45, 2.75) is 111 Å². The average molecular weight is 401 g/mol. The zero-order chi connectivity index (χ0) is 20.8. The molecule has 0 radical (unpaired) electrons. The number of methoxy groups -OCH3 is 1. The lowest BCUT2D eigenvalue weighted by Gasteiger charge is -2.58. The van der Waals surface area contributed by atoms with Gasteiger partial charge in [-0.25, -0.2) is 0 Å². The van der Waals surface area contributed by atoms with E-state index in [2.05, 4.69) is 40.7 Å². The molecule has 1 nitrogen and oxygen atoms in total. The third-order valence-corrected chi connectivity index (χ3v) is 10.6. The highest BCUT2D eigenvalue weighted by Gasteiger charge is 2.59. The Morgan fingerprint density at radius 2 is 1.79 bits per heavy atom. The quantitative estimate of drug-likeness (QED) is 0.410. The molecule has 0 N–H and O–H groups in total. The molecule has 29 heavy (non-hydrogen) atoms. The number of hydrogen-bond acceptors (Lipinski definition) is 1. The predicted molar refractivity (Wildman–Crippen MR) is 124 cm³/mol. The van der Waals surface area contributed by atoms with Gasteiger partial charge in [0.1, 0.15) is 0 Å². The summed E-state index contributed by atoms with van der Waals surface area (Å²) >= 11 is 0. The lowest BCUT2D eigenvalue weighted by molar-refractivity contribution is -0.0601. The van der Waals surface area contributed by atoms with E-state index in [0.717, 1.165) is 35.5 Å². The maximum atomic E-state index is 5.75. The summed E-state index contributed by atoms with van der Waals surface area (Å²) in [4.78, 5) is 0. The van der Waals surface area contributed by atoms with Crippen molar-refractivity contribution in [1.29, 1.82) is 0 Å². The van der Waals surface area contributed by atoms with E-state index >= 15 is 0 Å². The topological polar surface area (TPSA) is 9.23 Å². The van der Waals surface area contributed by atoms with E-state index in [1.165, 1.54) is 70.6 Å². The molecule has 0 bridgehead atoms. The largest absolute Gasteiger partial charge is 0.381 e. The van der Waals surface area contributed by atoms with Crippen LogP contribution in [0.3, 0.4) is 0 Å². The Morgan fingerprint density at radius 3 is 2.52 bits per heavy atom. The van der Waals surface area contributed by atoms with Gasteiger partial charge in [-0.1, -0.05) is 65.5 Å². The van der Waals surface area contributed by atoms with Crippen molar-refractivity contribution in [3.8, 4) is 0 Å². The highest BCUT2D eigenvalue weighted by Crippen LogP contribution is 2.67. The van der Waals surface area contributed by atoms with Crippen molar-refractivity contribution in [3.05, 3.63) is 11.6 Å². The second-order valence-electron chi connectivity index (χ2n) is 12.4. The summed E-state index contributed by atoms with van der Waals surface area (Å²) < 4.78 is 5.75. The SMILES string of the molecule is CO[C@H]1CC[C@@]2(C)C(=CCC3C4CCC(C(C)CCCC(C)C)C4(C)CCC32)C1. The summed E-state index contributed by atoms with van der Waals surface area (Å²) in [5, 5.41) is 0. The zero-order valence-electron chi connectivity index (χ0n) is 20.3. The first-order chi connectivity index (χ1) is 13.8. The lowest BCUT2D eigenvalue weighted by Crippen LogP contribution is -2.50. The minimum absolute atomic E-state index is 0.472. The summed E-state index contributed by atoms with van der Waals surface area (Å²) in [5.74, 6) is 5.63. The molecule has 0 heterocycles. The molecule has 6 unspecified atom stereocenters. The van der Waals surface area contributed by atoms with Gasteiger partial charge in [-0.15, -0.1) is 0 Å². The summed E-state index contributed by atoms with van der Waals surface area (Å²) in [6.45, 7) is 12.7. The van der Waals surface area contributed by atoms with E-state index in [4.69, 9.17) is 4.74 Å². The van der Waals surface area contributed by atoms with E-state index < -0.39 is 0 Å². The smallest absolute Gasteiger partial charge is 0.0608 e. The third kappa shape index (κ3) is 3.77. The van der Waals surface area contributed by atoms with Crippen molar-refractivity contribution in [2.75, 3.05) is 7.11 Å². The third-order valence-electron chi connectivity index (χ3n) is 10.6. The Labute approximate surface area is 181 Å². The molecule has 0 aromatic rings. The van der Waals surface area contributed by atoms with Crippen LogP contribution in [-0.4, -0.2) is 13.2 Å². The maximum absolute atomic E-state index is 5.75. The van der Waals surface area contributed by atoms with Crippen molar-refractivity contribution in [2.24, 2.45) is 46.3 Å². The first-order valence-corrected chi connectivity index (χ1v) is 13.0. The van der Waals surface area contributed by atoms with Gasteiger partial charge < -0.3 is 4.74 Å². The Balaban J connectivity index is 1.48. The van der Waals surface area contributed by atoms with Gasteiger partial charge >= 0.3 is 0 Å². The second-order valence-corrected chi connectivity index (χ2v) is 12.4.